The summed E-state index contributed by atoms with van der Waals surface area (Å²) in [5.74, 6) is 0.792. The zero-order chi connectivity index (χ0) is 12.8. The Morgan fingerprint density at radius 2 is 1.12 bits per heavy atom. The summed E-state index contributed by atoms with van der Waals surface area (Å²) in [5.41, 5.74) is 0. The van der Waals surface area contributed by atoms with Crippen LogP contribution in [0.1, 0.15) is 90.9 Å². The van der Waals surface area contributed by atoms with Gasteiger partial charge in [0.25, 0.3) is 0 Å². The SMILES string of the molecule is CCCCCCCC(BCl)CCCCCCC. The fourth-order valence-electron chi connectivity index (χ4n) is 2.37. The topological polar surface area (TPSA) is 0 Å². The largest absolute Gasteiger partial charge is 0.236 e. The van der Waals surface area contributed by atoms with Crippen LogP contribution in [-0.4, -0.2) is 6.69 Å². The van der Waals surface area contributed by atoms with Gasteiger partial charge in [0, 0.05) is 0 Å². The first-order valence-electron chi connectivity index (χ1n) is 7.91. The monoisotopic (exact) mass is 258 g/mol. The number of hydrogen-bond donors (Lipinski definition) is 0. The second-order valence-corrected chi connectivity index (χ2v) is 5.73. The highest BCUT2D eigenvalue weighted by Crippen LogP contribution is 2.23. The minimum absolute atomic E-state index is 0.792. The summed E-state index contributed by atoms with van der Waals surface area (Å²) in [6.45, 7) is 5.43. The molecule has 0 amide bonds. The molecule has 2 heteroatoms. The van der Waals surface area contributed by atoms with E-state index >= 15 is 0 Å². The molecule has 17 heavy (non-hydrogen) atoms. The van der Waals surface area contributed by atoms with Crippen LogP contribution in [0.15, 0.2) is 0 Å². The van der Waals surface area contributed by atoms with Crippen molar-refractivity contribution in [2.75, 3.05) is 0 Å². The Balaban J connectivity index is 3.30. The Hall–Kier alpha value is 0.355. The predicted molar refractivity (Wildman–Crippen MR) is 83.5 cm³/mol. The van der Waals surface area contributed by atoms with Crippen molar-refractivity contribution in [3.8, 4) is 0 Å². The average Bonchev–Trinajstić information content (AvgIpc) is 2.36. The van der Waals surface area contributed by atoms with Gasteiger partial charge in [0.2, 0.25) is 6.69 Å². The first-order chi connectivity index (χ1) is 8.35. The first kappa shape index (κ1) is 17.4. The van der Waals surface area contributed by atoms with Gasteiger partial charge in [-0.2, -0.15) is 0 Å². The molecular weight excluding hydrogens is 226 g/mol. The lowest BCUT2D eigenvalue weighted by Crippen LogP contribution is -1.99. The van der Waals surface area contributed by atoms with Crippen molar-refractivity contribution in [1.82, 2.24) is 0 Å². The van der Waals surface area contributed by atoms with Gasteiger partial charge in [0.1, 0.15) is 0 Å². The normalized spacial score (nSPS) is 11.1. The van der Waals surface area contributed by atoms with E-state index in [1.807, 2.05) is 0 Å². The van der Waals surface area contributed by atoms with Crippen molar-refractivity contribution in [3.63, 3.8) is 0 Å². The molecule has 0 aromatic rings. The molecule has 0 rings (SSSR count). The molecule has 0 atom stereocenters. The molecule has 0 aliphatic heterocycles. The Morgan fingerprint density at radius 3 is 1.47 bits per heavy atom. The van der Waals surface area contributed by atoms with Crippen molar-refractivity contribution < 1.29 is 0 Å². The third kappa shape index (κ3) is 12.6. The molecular formula is C15H32BCl. The molecule has 0 bridgehead atoms. The Labute approximate surface area is 115 Å². The van der Waals surface area contributed by atoms with E-state index in [9.17, 15) is 0 Å². The summed E-state index contributed by atoms with van der Waals surface area (Å²) >= 11 is 6.05. The molecule has 0 aliphatic rings. The van der Waals surface area contributed by atoms with E-state index in [4.69, 9.17) is 11.5 Å². The standard InChI is InChI=1S/C15H32BCl/c1-3-5-7-9-11-13-15(16-17)14-12-10-8-6-4-2/h15-16H,3-14H2,1-2H3. The summed E-state index contributed by atoms with van der Waals surface area (Å²) in [6, 6.07) is 0. The highest BCUT2D eigenvalue weighted by molar-refractivity contribution is 6.94. The fourth-order valence-corrected chi connectivity index (χ4v) is 2.68. The number of rotatable bonds is 13. The summed E-state index contributed by atoms with van der Waals surface area (Å²) in [5, 5.41) is 0. The van der Waals surface area contributed by atoms with E-state index in [0.29, 0.717) is 0 Å². The van der Waals surface area contributed by atoms with Crippen LogP contribution in [0.5, 0.6) is 0 Å². The van der Waals surface area contributed by atoms with Gasteiger partial charge in [0.05, 0.1) is 0 Å². The molecule has 0 fully saturated rings. The van der Waals surface area contributed by atoms with Crippen LogP contribution < -0.4 is 0 Å². The number of halogens is 1. The summed E-state index contributed by atoms with van der Waals surface area (Å²) in [7, 11) is 0. The van der Waals surface area contributed by atoms with Gasteiger partial charge in [-0.3, -0.25) is 0 Å². The Bertz CT molecular complexity index is 125. The van der Waals surface area contributed by atoms with E-state index in [1.165, 1.54) is 77.0 Å². The van der Waals surface area contributed by atoms with Crippen LogP contribution in [0, 0.1) is 0 Å². The molecule has 0 aromatic heterocycles. The molecule has 0 radical (unpaired) electrons. The number of hydrogen-bond acceptors (Lipinski definition) is 0. The summed E-state index contributed by atoms with van der Waals surface area (Å²) in [4.78, 5) is 0. The lowest BCUT2D eigenvalue weighted by atomic mass is 9.78. The third-order valence-electron chi connectivity index (χ3n) is 3.65. The van der Waals surface area contributed by atoms with Crippen LogP contribution in [0.4, 0.5) is 0 Å². The van der Waals surface area contributed by atoms with Gasteiger partial charge in [-0.15, -0.1) is 0 Å². The Morgan fingerprint density at radius 1 is 0.706 bits per heavy atom. The minimum Gasteiger partial charge on any atom is -0.201 e. The second kappa shape index (κ2) is 14.4. The minimum atomic E-state index is 0.792. The highest BCUT2D eigenvalue weighted by atomic mass is 35.5. The van der Waals surface area contributed by atoms with E-state index < -0.39 is 0 Å². The first-order valence-corrected chi connectivity index (χ1v) is 8.44. The van der Waals surface area contributed by atoms with Crippen LogP contribution in [0.3, 0.4) is 0 Å². The second-order valence-electron chi connectivity index (χ2n) is 5.43. The van der Waals surface area contributed by atoms with Crippen molar-refractivity contribution >= 4 is 18.2 Å². The molecule has 102 valence electrons. The molecule has 0 aliphatic carbocycles. The predicted octanol–water partition coefficient (Wildman–Crippen LogP) is 6.09. The van der Waals surface area contributed by atoms with E-state index in [1.54, 1.807) is 0 Å². The molecule has 0 unspecified atom stereocenters. The summed E-state index contributed by atoms with van der Waals surface area (Å²) < 4.78 is 0. The molecule has 0 aromatic carbocycles. The molecule has 0 saturated heterocycles. The van der Waals surface area contributed by atoms with Crippen LogP contribution in [-0.2, 0) is 0 Å². The van der Waals surface area contributed by atoms with Gasteiger partial charge in [0.15, 0.2) is 0 Å². The highest BCUT2D eigenvalue weighted by Gasteiger charge is 2.08. The fraction of sp³-hybridized carbons (Fsp3) is 1.00. The van der Waals surface area contributed by atoms with Crippen molar-refractivity contribution in [1.29, 1.82) is 0 Å². The van der Waals surface area contributed by atoms with Gasteiger partial charge >= 0.3 is 0 Å². The van der Waals surface area contributed by atoms with Crippen molar-refractivity contribution in [3.05, 3.63) is 0 Å². The summed E-state index contributed by atoms with van der Waals surface area (Å²) in [6.07, 6.45) is 16.7. The molecule has 0 saturated carbocycles. The molecule has 0 heterocycles. The van der Waals surface area contributed by atoms with Crippen LogP contribution >= 0.6 is 11.5 Å². The van der Waals surface area contributed by atoms with Gasteiger partial charge in [-0.05, 0) is 0 Å². The lowest BCUT2D eigenvalue weighted by Gasteiger charge is -2.12. The Kier molecular flexibility index (Phi) is 14.7. The molecule has 0 N–H and O–H groups in total. The zero-order valence-electron chi connectivity index (χ0n) is 12.1. The average molecular weight is 259 g/mol. The van der Waals surface area contributed by atoms with E-state index in [-0.39, 0.29) is 0 Å². The van der Waals surface area contributed by atoms with Crippen molar-refractivity contribution in [2.24, 2.45) is 0 Å². The zero-order valence-corrected chi connectivity index (χ0v) is 12.9. The van der Waals surface area contributed by atoms with E-state index in [2.05, 4.69) is 13.8 Å². The smallest absolute Gasteiger partial charge is 0.201 e. The third-order valence-corrected chi connectivity index (χ3v) is 4.09. The van der Waals surface area contributed by atoms with Crippen molar-refractivity contribution in [2.45, 2.75) is 96.7 Å². The maximum atomic E-state index is 6.05. The van der Waals surface area contributed by atoms with Crippen LogP contribution in [0.25, 0.3) is 0 Å². The van der Waals surface area contributed by atoms with Gasteiger partial charge in [-0.25, -0.2) is 11.5 Å². The maximum absolute atomic E-state index is 6.05. The van der Waals surface area contributed by atoms with Gasteiger partial charge < -0.3 is 0 Å². The maximum Gasteiger partial charge on any atom is 0.236 e. The number of unbranched alkanes of at least 4 members (excludes halogenated alkanes) is 8. The molecule has 0 spiro atoms. The quantitative estimate of drug-likeness (QED) is 0.277. The van der Waals surface area contributed by atoms with E-state index in [0.717, 1.165) is 12.5 Å². The van der Waals surface area contributed by atoms with Gasteiger partial charge in [-0.1, -0.05) is 96.7 Å². The van der Waals surface area contributed by atoms with Crippen LogP contribution in [0.2, 0.25) is 5.82 Å². The lowest BCUT2D eigenvalue weighted by molar-refractivity contribution is 0.541. The molecule has 0 nitrogen and oxygen atoms in total.